The molecule has 1 aliphatic carbocycles. The molecule has 1 N–H and O–H groups in total. The molecule has 0 spiro atoms. The van der Waals surface area contributed by atoms with Crippen molar-refractivity contribution in [2.75, 3.05) is 17.1 Å². The number of aryl methyl sites for hydroxylation is 1. The van der Waals surface area contributed by atoms with Crippen LogP contribution in [0.1, 0.15) is 44.6 Å². The van der Waals surface area contributed by atoms with Crippen LogP contribution < -0.4 is 9.62 Å². The van der Waals surface area contributed by atoms with Gasteiger partial charge in [-0.2, -0.15) is 0 Å². The number of hydrogen-bond acceptors (Lipinski definition) is 3. The maximum atomic E-state index is 12.5. The van der Waals surface area contributed by atoms with Crippen molar-refractivity contribution in [1.29, 1.82) is 0 Å². The molecule has 0 aromatic heterocycles. The van der Waals surface area contributed by atoms with Crippen molar-refractivity contribution in [1.82, 2.24) is 5.32 Å². The highest BCUT2D eigenvalue weighted by atomic mass is 32.2. The number of carbonyl (C=O) groups is 1. The third-order valence-electron chi connectivity index (χ3n) is 4.67. The van der Waals surface area contributed by atoms with Gasteiger partial charge in [0.2, 0.25) is 15.9 Å². The summed E-state index contributed by atoms with van der Waals surface area (Å²) in [5, 5.41) is 2.94. The summed E-state index contributed by atoms with van der Waals surface area (Å²) in [5.74, 6) is 0.271. The lowest BCUT2D eigenvalue weighted by Crippen LogP contribution is -2.48. The Bertz CT molecular complexity index is 649. The van der Waals surface area contributed by atoms with Crippen LogP contribution >= 0.6 is 0 Å². The molecular weight excluding hydrogens is 324 g/mol. The Kier molecular flexibility index (Phi) is 6.27. The monoisotopic (exact) mass is 352 g/mol. The number of hydrogen-bond donors (Lipinski definition) is 1. The van der Waals surface area contributed by atoms with Crippen molar-refractivity contribution < 1.29 is 13.2 Å². The van der Waals surface area contributed by atoms with Crippen LogP contribution in [0.2, 0.25) is 0 Å². The van der Waals surface area contributed by atoms with Crippen LogP contribution in [0.5, 0.6) is 0 Å². The summed E-state index contributed by atoms with van der Waals surface area (Å²) in [6.07, 6.45) is 7.13. The Morgan fingerprint density at radius 1 is 1.21 bits per heavy atom. The average Bonchev–Trinajstić information content (AvgIpc) is 2.54. The molecule has 24 heavy (non-hydrogen) atoms. The lowest BCUT2D eigenvalue weighted by atomic mass is 9.89. The van der Waals surface area contributed by atoms with Gasteiger partial charge in [-0.15, -0.1) is 0 Å². The largest absolute Gasteiger partial charge is 0.354 e. The highest BCUT2D eigenvalue weighted by Crippen LogP contribution is 2.24. The van der Waals surface area contributed by atoms with E-state index in [4.69, 9.17) is 0 Å². The fourth-order valence-electron chi connectivity index (χ4n) is 3.28. The molecule has 0 heterocycles. The summed E-state index contributed by atoms with van der Waals surface area (Å²) in [6.45, 7) is 4.21. The van der Waals surface area contributed by atoms with E-state index in [1.165, 1.54) is 23.6 Å². The van der Waals surface area contributed by atoms with Gasteiger partial charge in [-0.05, 0) is 44.7 Å². The van der Waals surface area contributed by atoms with Crippen LogP contribution in [-0.4, -0.2) is 33.2 Å². The van der Waals surface area contributed by atoms with Gasteiger partial charge in [-0.1, -0.05) is 37.0 Å². The van der Waals surface area contributed by atoms with Gasteiger partial charge < -0.3 is 5.32 Å². The van der Waals surface area contributed by atoms with E-state index in [-0.39, 0.29) is 5.91 Å². The van der Waals surface area contributed by atoms with E-state index in [0.29, 0.717) is 18.2 Å². The van der Waals surface area contributed by atoms with Crippen molar-refractivity contribution in [2.45, 2.75) is 52.0 Å². The van der Waals surface area contributed by atoms with Crippen molar-refractivity contribution >= 4 is 21.6 Å². The summed E-state index contributed by atoms with van der Waals surface area (Å²) >= 11 is 0. The molecule has 0 aliphatic heterocycles. The first kappa shape index (κ1) is 18.8. The van der Waals surface area contributed by atoms with E-state index >= 15 is 0 Å². The van der Waals surface area contributed by atoms with E-state index in [1.54, 1.807) is 19.1 Å². The first-order valence-corrected chi connectivity index (χ1v) is 10.5. The smallest absolute Gasteiger partial charge is 0.243 e. The fraction of sp³-hybridized carbons (Fsp3) is 0.611. The molecule has 0 unspecified atom stereocenters. The second kappa shape index (κ2) is 8.01. The Balaban J connectivity index is 2.08. The van der Waals surface area contributed by atoms with Crippen molar-refractivity contribution in [3.63, 3.8) is 0 Å². The number of anilines is 1. The first-order valence-electron chi connectivity index (χ1n) is 8.63. The number of nitrogens with zero attached hydrogens (tertiary/aromatic N) is 1. The van der Waals surface area contributed by atoms with Crippen LogP contribution in [0.25, 0.3) is 0 Å². The Morgan fingerprint density at radius 3 is 2.33 bits per heavy atom. The zero-order valence-electron chi connectivity index (χ0n) is 14.8. The predicted molar refractivity (Wildman–Crippen MR) is 97.5 cm³/mol. The topological polar surface area (TPSA) is 66.5 Å². The molecule has 1 aromatic carbocycles. The maximum absolute atomic E-state index is 12.5. The van der Waals surface area contributed by atoms with Gasteiger partial charge in [-0.25, -0.2) is 8.42 Å². The number of benzene rings is 1. The van der Waals surface area contributed by atoms with E-state index in [0.717, 1.165) is 24.7 Å². The molecule has 6 heteroatoms. The van der Waals surface area contributed by atoms with Crippen molar-refractivity contribution in [2.24, 2.45) is 5.92 Å². The highest BCUT2D eigenvalue weighted by Gasteiger charge is 2.29. The minimum Gasteiger partial charge on any atom is -0.354 e. The number of nitrogens with one attached hydrogen (secondary N) is 1. The SMILES string of the molecule is Cc1ccc(N([C@@H](C)C(=O)NCC2CCCCC2)S(C)(=O)=O)cc1. The van der Waals surface area contributed by atoms with Gasteiger partial charge >= 0.3 is 0 Å². The number of amides is 1. The van der Waals surface area contributed by atoms with Gasteiger partial charge in [0.25, 0.3) is 0 Å². The molecular formula is C18H28N2O3S. The second-order valence-corrected chi connectivity index (χ2v) is 8.68. The molecule has 1 atom stereocenters. The molecule has 134 valence electrons. The Morgan fingerprint density at radius 2 is 1.79 bits per heavy atom. The molecule has 0 radical (unpaired) electrons. The predicted octanol–water partition coefficient (Wildman–Crippen LogP) is 2.85. The van der Waals surface area contributed by atoms with Crippen LogP contribution in [0.4, 0.5) is 5.69 Å². The summed E-state index contributed by atoms with van der Waals surface area (Å²) < 4.78 is 25.6. The van der Waals surface area contributed by atoms with Gasteiger partial charge in [0.05, 0.1) is 11.9 Å². The van der Waals surface area contributed by atoms with E-state index in [9.17, 15) is 13.2 Å². The molecule has 1 aliphatic rings. The quantitative estimate of drug-likeness (QED) is 0.856. The first-order chi connectivity index (χ1) is 11.3. The Labute approximate surface area is 145 Å². The minimum absolute atomic E-state index is 0.244. The Hall–Kier alpha value is -1.56. The summed E-state index contributed by atoms with van der Waals surface area (Å²) in [7, 11) is -3.55. The molecule has 1 amide bonds. The fourth-order valence-corrected chi connectivity index (χ4v) is 4.46. The molecule has 2 rings (SSSR count). The summed E-state index contributed by atoms with van der Waals surface area (Å²) in [5.41, 5.74) is 1.56. The molecule has 5 nitrogen and oxygen atoms in total. The van der Waals surface area contributed by atoms with Crippen LogP contribution in [0, 0.1) is 12.8 Å². The maximum Gasteiger partial charge on any atom is 0.243 e. The normalized spacial score (nSPS) is 17.3. The zero-order valence-corrected chi connectivity index (χ0v) is 15.6. The lowest BCUT2D eigenvalue weighted by Gasteiger charge is -2.29. The molecule has 1 fully saturated rings. The standard InChI is InChI=1S/C18H28N2O3S/c1-14-9-11-17(12-10-14)20(24(3,22)23)15(2)18(21)19-13-16-7-5-4-6-8-16/h9-12,15-16H,4-8,13H2,1-3H3,(H,19,21)/t15-/m0/s1. The number of carbonyl (C=O) groups excluding carboxylic acids is 1. The van der Waals surface area contributed by atoms with E-state index in [2.05, 4.69) is 5.32 Å². The van der Waals surface area contributed by atoms with Crippen molar-refractivity contribution in [3.8, 4) is 0 Å². The van der Waals surface area contributed by atoms with Crippen LogP contribution in [0.3, 0.4) is 0 Å². The molecule has 1 saturated carbocycles. The third kappa shape index (κ3) is 4.97. The summed E-state index contributed by atoms with van der Waals surface area (Å²) in [4.78, 5) is 12.5. The lowest BCUT2D eigenvalue weighted by molar-refractivity contribution is -0.122. The van der Waals surface area contributed by atoms with Gasteiger partial charge in [0.1, 0.15) is 6.04 Å². The van der Waals surface area contributed by atoms with E-state index < -0.39 is 16.1 Å². The van der Waals surface area contributed by atoms with Crippen molar-refractivity contribution in [3.05, 3.63) is 29.8 Å². The average molecular weight is 352 g/mol. The minimum atomic E-state index is -3.55. The van der Waals surface area contributed by atoms with E-state index in [1.807, 2.05) is 19.1 Å². The second-order valence-electron chi connectivity index (χ2n) is 6.82. The number of rotatable bonds is 6. The van der Waals surface area contributed by atoms with Crippen LogP contribution in [0.15, 0.2) is 24.3 Å². The number of sulfonamides is 1. The zero-order chi connectivity index (χ0) is 17.7. The molecule has 1 aromatic rings. The highest BCUT2D eigenvalue weighted by molar-refractivity contribution is 7.92. The van der Waals surface area contributed by atoms with Gasteiger partial charge in [0.15, 0.2) is 0 Å². The summed E-state index contributed by atoms with van der Waals surface area (Å²) in [6, 6.07) is 6.40. The third-order valence-corrected chi connectivity index (χ3v) is 5.91. The molecule has 0 bridgehead atoms. The molecule has 0 saturated heterocycles. The van der Waals surface area contributed by atoms with Gasteiger partial charge in [0, 0.05) is 6.54 Å². The van der Waals surface area contributed by atoms with Gasteiger partial charge in [-0.3, -0.25) is 9.10 Å². The van der Waals surface area contributed by atoms with Crippen LogP contribution in [-0.2, 0) is 14.8 Å².